The van der Waals surface area contributed by atoms with Crippen LogP contribution in [0.25, 0.3) is 0 Å². The molecule has 1 N–H and O–H groups in total. The second-order valence-electron chi connectivity index (χ2n) is 3.94. The van der Waals surface area contributed by atoms with E-state index in [1.165, 1.54) is 0 Å². The van der Waals surface area contributed by atoms with Crippen LogP contribution in [0.4, 0.5) is 5.69 Å². The van der Waals surface area contributed by atoms with Crippen molar-refractivity contribution < 1.29 is 9.53 Å². The Morgan fingerprint density at radius 2 is 1.74 bits per heavy atom. The van der Waals surface area contributed by atoms with Crippen molar-refractivity contribution in [1.82, 2.24) is 0 Å². The zero-order valence-corrected chi connectivity index (χ0v) is 11.9. The van der Waals surface area contributed by atoms with Crippen molar-refractivity contribution in [3.63, 3.8) is 0 Å². The van der Waals surface area contributed by atoms with Gasteiger partial charge in [-0.05, 0) is 23.8 Å². The van der Waals surface area contributed by atoms with E-state index in [2.05, 4.69) is 21.2 Å². The van der Waals surface area contributed by atoms with Gasteiger partial charge in [0.05, 0.1) is 0 Å². The molecule has 0 bridgehead atoms. The first-order valence-electron chi connectivity index (χ1n) is 5.91. The highest BCUT2D eigenvalue weighted by Crippen LogP contribution is 2.17. The maximum Gasteiger partial charge on any atom is 0.262 e. The van der Waals surface area contributed by atoms with Crippen molar-refractivity contribution in [1.29, 1.82) is 0 Å². The molecule has 0 atom stereocenters. The highest BCUT2D eigenvalue weighted by molar-refractivity contribution is 9.08. The first kappa shape index (κ1) is 13.6. The third-order valence-electron chi connectivity index (χ3n) is 2.55. The third-order valence-corrected chi connectivity index (χ3v) is 3.15. The molecule has 19 heavy (non-hydrogen) atoms. The van der Waals surface area contributed by atoms with E-state index in [9.17, 15) is 4.79 Å². The Morgan fingerprint density at radius 1 is 1.05 bits per heavy atom. The molecule has 0 saturated heterocycles. The molecule has 2 aromatic rings. The fourth-order valence-electron chi connectivity index (χ4n) is 1.61. The smallest absolute Gasteiger partial charge is 0.262 e. The third kappa shape index (κ3) is 4.10. The Labute approximate surface area is 120 Å². The summed E-state index contributed by atoms with van der Waals surface area (Å²) in [5.74, 6) is 0.517. The van der Waals surface area contributed by atoms with Crippen LogP contribution in [0.2, 0.25) is 0 Å². The van der Waals surface area contributed by atoms with Crippen LogP contribution in [0.15, 0.2) is 54.6 Å². The Hall–Kier alpha value is -1.81. The lowest BCUT2D eigenvalue weighted by molar-refractivity contribution is -0.118. The van der Waals surface area contributed by atoms with Crippen molar-refractivity contribution in [3.8, 4) is 5.75 Å². The average molecular weight is 320 g/mol. The maximum atomic E-state index is 11.8. The number of benzene rings is 2. The monoisotopic (exact) mass is 319 g/mol. The largest absolute Gasteiger partial charge is 0.484 e. The van der Waals surface area contributed by atoms with Gasteiger partial charge in [-0.15, -0.1) is 0 Å². The molecule has 0 radical (unpaired) electrons. The van der Waals surface area contributed by atoms with Crippen LogP contribution in [-0.2, 0) is 10.1 Å². The van der Waals surface area contributed by atoms with Gasteiger partial charge in [-0.1, -0.05) is 52.3 Å². The molecule has 2 aromatic carbocycles. The van der Waals surface area contributed by atoms with E-state index in [0.29, 0.717) is 11.1 Å². The number of halogens is 1. The van der Waals surface area contributed by atoms with Crippen LogP contribution in [0, 0.1) is 0 Å². The number of anilines is 1. The summed E-state index contributed by atoms with van der Waals surface area (Å²) in [7, 11) is 0. The molecule has 2 rings (SSSR count). The van der Waals surface area contributed by atoms with Gasteiger partial charge in [-0.3, -0.25) is 4.79 Å². The van der Waals surface area contributed by atoms with Crippen LogP contribution in [-0.4, -0.2) is 12.5 Å². The normalized spacial score (nSPS) is 9.95. The van der Waals surface area contributed by atoms with Gasteiger partial charge < -0.3 is 10.1 Å². The van der Waals surface area contributed by atoms with E-state index in [4.69, 9.17) is 4.74 Å². The predicted molar refractivity (Wildman–Crippen MR) is 79.6 cm³/mol. The van der Waals surface area contributed by atoms with Gasteiger partial charge in [0.15, 0.2) is 6.61 Å². The molecule has 0 fully saturated rings. The van der Waals surface area contributed by atoms with E-state index in [0.717, 1.165) is 11.3 Å². The van der Waals surface area contributed by atoms with Crippen LogP contribution >= 0.6 is 15.9 Å². The number of amides is 1. The molecule has 0 heterocycles. The molecule has 0 aliphatic rings. The summed E-state index contributed by atoms with van der Waals surface area (Å²) in [5.41, 5.74) is 1.84. The summed E-state index contributed by atoms with van der Waals surface area (Å²) in [5, 5.41) is 3.54. The molecule has 0 aliphatic heterocycles. The van der Waals surface area contributed by atoms with E-state index in [1.807, 2.05) is 54.6 Å². The number of hydrogen-bond acceptors (Lipinski definition) is 2. The van der Waals surface area contributed by atoms with Gasteiger partial charge in [0, 0.05) is 11.0 Å². The standard InChI is InChI=1S/C15H14BrNO2/c16-10-12-6-4-5-9-14(12)17-15(18)11-19-13-7-2-1-3-8-13/h1-9H,10-11H2,(H,17,18). The van der Waals surface area contributed by atoms with Crippen molar-refractivity contribution in [3.05, 3.63) is 60.2 Å². The lowest BCUT2D eigenvalue weighted by Crippen LogP contribution is -2.20. The second-order valence-corrected chi connectivity index (χ2v) is 4.50. The zero-order valence-electron chi connectivity index (χ0n) is 10.3. The van der Waals surface area contributed by atoms with Crippen molar-refractivity contribution in [2.45, 2.75) is 5.33 Å². The Morgan fingerprint density at radius 3 is 2.47 bits per heavy atom. The highest BCUT2D eigenvalue weighted by Gasteiger charge is 2.06. The lowest BCUT2D eigenvalue weighted by Gasteiger charge is -2.10. The SMILES string of the molecule is O=C(COc1ccccc1)Nc1ccccc1CBr. The molecule has 0 spiro atoms. The Bertz CT molecular complexity index is 543. The molecule has 3 nitrogen and oxygen atoms in total. The van der Waals surface area contributed by atoms with Gasteiger partial charge in [0.2, 0.25) is 0 Å². The van der Waals surface area contributed by atoms with Crippen LogP contribution < -0.4 is 10.1 Å². The number of alkyl halides is 1. The first-order chi connectivity index (χ1) is 9.29. The Kier molecular flexibility index (Phi) is 4.98. The maximum absolute atomic E-state index is 11.8. The van der Waals surface area contributed by atoms with Crippen molar-refractivity contribution >= 4 is 27.5 Å². The summed E-state index contributed by atoms with van der Waals surface area (Å²) in [4.78, 5) is 11.8. The molecule has 1 amide bonds. The number of para-hydroxylation sites is 2. The van der Waals surface area contributed by atoms with Gasteiger partial charge in [0.25, 0.3) is 5.91 Å². The minimum atomic E-state index is -0.169. The molecule has 0 aliphatic carbocycles. The van der Waals surface area contributed by atoms with Gasteiger partial charge in [0.1, 0.15) is 5.75 Å². The summed E-state index contributed by atoms with van der Waals surface area (Å²) < 4.78 is 5.39. The van der Waals surface area contributed by atoms with Crippen LogP contribution in [0.1, 0.15) is 5.56 Å². The van der Waals surface area contributed by atoms with E-state index in [1.54, 1.807) is 0 Å². The van der Waals surface area contributed by atoms with E-state index in [-0.39, 0.29) is 12.5 Å². The minimum absolute atomic E-state index is 0.000628. The predicted octanol–water partition coefficient (Wildman–Crippen LogP) is 3.60. The number of carbonyl (C=O) groups excluding carboxylic acids is 1. The van der Waals surface area contributed by atoms with Crippen molar-refractivity contribution in [2.24, 2.45) is 0 Å². The summed E-state index contributed by atoms with van der Waals surface area (Å²) in [6.45, 7) is 0.000628. The molecule has 4 heteroatoms. The number of carbonyl (C=O) groups is 1. The number of nitrogens with one attached hydrogen (secondary N) is 1. The highest BCUT2D eigenvalue weighted by atomic mass is 79.9. The lowest BCUT2D eigenvalue weighted by atomic mass is 10.2. The van der Waals surface area contributed by atoms with Gasteiger partial charge >= 0.3 is 0 Å². The molecule has 0 aromatic heterocycles. The zero-order chi connectivity index (χ0) is 13.5. The molecule has 0 saturated carbocycles. The average Bonchev–Trinajstić information content (AvgIpc) is 2.47. The van der Waals surface area contributed by atoms with Crippen LogP contribution in [0.5, 0.6) is 5.75 Å². The first-order valence-corrected chi connectivity index (χ1v) is 7.03. The molecular weight excluding hydrogens is 306 g/mol. The fourth-order valence-corrected chi connectivity index (χ4v) is 2.10. The van der Waals surface area contributed by atoms with E-state index < -0.39 is 0 Å². The second kappa shape index (κ2) is 6.95. The molecule has 0 unspecified atom stereocenters. The molecular formula is C15H14BrNO2. The Balaban J connectivity index is 1.91. The minimum Gasteiger partial charge on any atom is -0.484 e. The number of ether oxygens (including phenoxy) is 1. The topological polar surface area (TPSA) is 38.3 Å². The summed E-state index contributed by atoms with van der Waals surface area (Å²) in [6, 6.07) is 16.9. The molecule has 98 valence electrons. The van der Waals surface area contributed by atoms with E-state index >= 15 is 0 Å². The van der Waals surface area contributed by atoms with Gasteiger partial charge in [-0.25, -0.2) is 0 Å². The quantitative estimate of drug-likeness (QED) is 0.855. The van der Waals surface area contributed by atoms with Gasteiger partial charge in [-0.2, -0.15) is 0 Å². The number of rotatable bonds is 5. The summed E-state index contributed by atoms with van der Waals surface area (Å²) in [6.07, 6.45) is 0. The number of hydrogen-bond donors (Lipinski definition) is 1. The fraction of sp³-hybridized carbons (Fsp3) is 0.133. The van der Waals surface area contributed by atoms with Crippen LogP contribution in [0.3, 0.4) is 0 Å². The summed E-state index contributed by atoms with van der Waals surface area (Å²) >= 11 is 3.39. The van der Waals surface area contributed by atoms with Crippen molar-refractivity contribution in [2.75, 3.05) is 11.9 Å².